The first-order chi connectivity index (χ1) is 13.1. The molecule has 1 aliphatic rings. The molecule has 2 aromatic rings. The van der Waals surface area contributed by atoms with Crippen molar-refractivity contribution in [3.63, 3.8) is 0 Å². The smallest absolute Gasteiger partial charge is 0.255 e. The fourth-order valence-electron chi connectivity index (χ4n) is 3.23. The Kier molecular flexibility index (Phi) is 6.66. The van der Waals surface area contributed by atoms with Gasteiger partial charge in [0.25, 0.3) is 5.91 Å². The van der Waals surface area contributed by atoms with Gasteiger partial charge in [0.2, 0.25) is 0 Å². The Bertz CT molecular complexity index is 745. The maximum Gasteiger partial charge on any atom is 0.255 e. The van der Waals surface area contributed by atoms with Gasteiger partial charge in [-0.25, -0.2) is 0 Å². The molecule has 1 aliphatic heterocycles. The van der Waals surface area contributed by atoms with Crippen LogP contribution in [0.3, 0.4) is 0 Å². The summed E-state index contributed by atoms with van der Waals surface area (Å²) in [7, 11) is 0. The van der Waals surface area contributed by atoms with Crippen LogP contribution >= 0.6 is 0 Å². The van der Waals surface area contributed by atoms with Crippen LogP contribution in [0.2, 0.25) is 0 Å². The zero-order chi connectivity index (χ0) is 19.1. The summed E-state index contributed by atoms with van der Waals surface area (Å²) in [5.41, 5.74) is 2.67. The molecule has 1 saturated heterocycles. The lowest BCUT2D eigenvalue weighted by Crippen LogP contribution is -2.32. The molecule has 1 fully saturated rings. The minimum absolute atomic E-state index is 0.104. The van der Waals surface area contributed by atoms with Crippen LogP contribution in [0, 0.1) is 5.92 Å². The zero-order valence-corrected chi connectivity index (χ0v) is 16.0. The van der Waals surface area contributed by atoms with Crippen molar-refractivity contribution in [3.8, 4) is 5.75 Å². The van der Waals surface area contributed by atoms with Crippen LogP contribution in [-0.2, 0) is 6.54 Å². The number of ether oxygens (including phenoxy) is 1. The highest BCUT2D eigenvalue weighted by Crippen LogP contribution is 2.19. The monoisotopic (exact) mass is 364 g/mol. The first-order valence-corrected chi connectivity index (χ1v) is 9.60. The average Bonchev–Trinajstić information content (AvgIpc) is 2.70. The van der Waals surface area contributed by atoms with Crippen LogP contribution < -0.4 is 10.1 Å². The summed E-state index contributed by atoms with van der Waals surface area (Å²) in [4.78, 5) is 14.9. The topological polar surface area (TPSA) is 41.6 Å². The quantitative estimate of drug-likeness (QED) is 0.722. The third-order valence-electron chi connectivity index (χ3n) is 4.98. The van der Waals surface area contributed by atoms with Gasteiger partial charge in [0.05, 0.1) is 0 Å². The number of nitrogens with zero attached hydrogens (tertiary/aromatic N) is 1. The highest BCUT2D eigenvalue weighted by atomic mass is 16.5. The van der Waals surface area contributed by atoms with E-state index in [9.17, 15) is 4.79 Å². The Balaban J connectivity index is 1.53. The molecule has 1 N–H and O–H groups in total. The molecule has 0 aliphatic carbocycles. The van der Waals surface area contributed by atoms with Crippen molar-refractivity contribution >= 4 is 11.6 Å². The molecule has 1 amide bonds. The number of anilines is 1. The predicted molar refractivity (Wildman–Crippen MR) is 110 cm³/mol. The third kappa shape index (κ3) is 5.69. The minimum atomic E-state index is -0.104. The summed E-state index contributed by atoms with van der Waals surface area (Å²) >= 11 is 0. The van der Waals surface area contributed by atoms with Crippen molar-refractivity contribution in [2.45, 2.75) is 26.3 Å². The summed E-state index contributed by atoms with van der Waals surface area (Å²) < 4.78 is 5.45. The molecule has 27 heavy (non-hydrogen) atoms. The molecule has 4 nitrogen and oxygen atoms in total. The minimum Gasteiger partial charge on any atom is -0.490 e. The fraction of sp³-hybridized carbons (Fsp3) is 0.348. The lowest BCUT2D eigenvalue weighted by molar-refractivity contribution is 0.102. The van der Waals surface area contributed by atoms with E-state index in [0.29, 0.717) is 12.2 Å². The van der Waals surface area contributed by atoms with Gasteiger partial charge in [-0.15, -0.1) is 0 Å². The van der Waals surface area contributed by atoms with Crippen LogP contribution in [0.5, 0.6) is 5.75 Å². The van der Waals surface area contributed by atoms with Crippen LogP contribution in [0.25, 0.3) is 0 Å². The largest absolute Gasteiger partial charge is 0.490 e. The normalized spacial score (nSPS) is 15.3. The van der Waals surface area contributed by atoms with E-state index in [2.05, 4.69) is 35.9 Å². The van der Waals surface area contributed by atoms with Crippen LogP contribution in [0.1, 0.15) is 35.7 Å². The number of carbonyl (C=O) groups is 1. The molecule has 1 heterocycles. The summed E-state index contributed by atoms with van der Waals surface area (Å²) in [6, 6.07) is 15.3. The molecule has 142 valence electrons. The van der Waals surface area contributed by atoms with E-state index >= 15 is 0 Å². The van der Waals surface area contributed by atoms with Gasteiger partial charge in [-0.3, -0.25) is 9.69 Å². The first-order valence-electron chi connectivity index (χ1n) is 9.60. The van der Waals surface area contributed by atoms with E-state index < -0.39 is 0 Å². The van der Waals surface area contributed by atoms with Crippen molar-refractivity contribution in [2.75, 3.05) is 25.0 Å². The number of rotatable bonds is 7. The number of hydrogen-bond donors (Lipinski definition) is 1. The molecule has 4 heteroatoms. The van der Waals surface area contributed by atoms with Crippen molar-refractivity contribution in [1.29, 1.82) is 0 Å². The molecular formula is C23H28N2O2. The maximum absolute atomic E-state index is 12.4. The summed E-state index contributed by atoms with van der Waals surface area (Å²) in [5.74, 6) is 1.49. The highest BCUT2D eigenvalue weighted by molar-refractivity contribution is 6.04. The molecule has 0 saturated carbocycles. The molecular weight excluding hydrogens is 336 g/mol. The molecule has 0 bridgehead atoms. The molecule has 0 unspecified atom stereocenters. The molecule has 0 spiro atoms. The van der Waals surface area contributed by atoms with Crippen molar-refractivity contribution in [1.82, 2.24) is 4.90 Å². The van der Waals surface area contributed by atoms with Gasteiger partial charge in [0.1, 0.15) is 12.4 Å². The maximum atomic E-state index is 12.4. The second-order valence-corrected chi connectivity index (χ2v) is 7.23. The Morgan fingerprint density at radius 1 is 1.15 bits per heavy atom. The van der Waals surface area contributed by atoms with Gasteiger partial charge < -0.3 is 10.1 Å². The van der Waals surface area contributed by atoms with Crippen molar-refractivity contribution in [3.05, 3.63) is 72.3 Å². The summed E-state index contributed by atoms with van der Waals surface area (Å²) in [5, 5.41) is 2.92. The fourth-order valence-corrected chi connectivity index (χ4v) is 3.23. The highest BCUT2D eigenvalue weighted by Gasteiger charge is 2.15. The van der Waals surface area contributed by atoms with Crippen LogP contribution in [-0.4, -0.2) is 30.5 Å². The van der Waals surface area contributed by atoms with Gasteiger partial charge >= 0.3 is 0 Å². The number of benzene rings is 2. The number of piperidine rings is 1. The Morgan fingerprint density at radius 2 is 1.81 bits per heavy atom. The SMILES string of the molecule is C=CCOc1ccc(NC(=O)c2ccc(CN3CCC(C)CC3)cc2)cc1. The molecule has 2 aromatic carbocycles. The van der Waals surface area contributed by atoms with E-state index in [0.717, 1.165) is 37.0 Å². The van der Waals surface area contributed by atoms with Gasteiger partial charge in [0, 0.05) is 17.8 Å². The van der Waals surface area contributed by atoms with Gasteiger partial charge in [0.15, 0.2) is 0 Å². The van der Waals surface area contributed by atoms with Gasteiger partial charge in [-0.05, 0) is 73.8 Å². The van der Waals surface area contributed by atoms with E-state index in [1.54, 1.807) is 6.08 Å². The number of hydrogen-bond acceptors (Lipinski definition) is 3. The predicted octanol–water partition coefficient (Wildman–Crippen LogP) is 4.74. The van der Waals surface area contributed by atoms with E-state index in [1.165, 1.54) is 18.4 Å². The number of likely N-dealkylation sites (tertiary alicyclic amines) is 1. The van der Waals surface area contributed by atoms with Crippen molar-refractivity contribution in [2.24, 2.45) is 5.92 Å². The lowest BCUT2D eigenvalue weighted by atomic mass is 9.99. The Morgan fingerprint density at radius 3 is 2.44 bits per heavy atom. The Labute approximate surface area is 161 Å². The molecule has 0 atom stereocenters. The molecule has 0 radical (unpaired) electrons. The number of amides is 1. The van der Waals surface area contributed by atoms with Crippen molar-refractivity contribution < 1.29 is 9.53 Å². The first kappa shape index (κ1) is 19.2. The van der Waals surface area contributed by atoms with E-state index in [1.807, 2.05) is 36.4 Å². The second kappa shape index (κ2) is 9.38. The average molecular weight is 364 g/mol. The number of carbonyl (C=O) groups excluding carboxylic acids is 1. The standard InChI is InChI=1S/C23H28N2O2/c1-3-16-27-22-10-8-21(9-11-22)24-23(26)20-6-4-19(5-7-20)17-25-14-12-18(2)13-15-25/h3-11,18H,1,12-17H2,2H3,(H,24,26). The Hall–Kier alpha value is -2.59. The third-order valence-corrected chi connectivity index (χ3v) is 4.98. The molecule has 0 aromatic heterocycles. The van der Waals surface area contributed by atoms with Crippen LogP contribution in [0.4, 0.5) is 5.69 Å². The second-order valence-electron chi connectivity index (χ2n) is 7.23. The van der Waals surface area contributed by atoms with E-state index in [4.69, 9.17) is 4.74 Å². The lowest BCUT2D eigenvalue weighted by Gasteiger charge is -2.30. The molecule has 3 rings (SSSR count). The summed E-state index contributed by atoms with van der Waals surface area (Å²) in [6.07, 6.45) is 4.25. The summed E-state index contributed by atoms with van der Waals surface area (Å²) in [6.45, 7) is 9.70. The van der Waals surface area contributed by atoms with Crippen LogP contribution in [0.15, 0.2) is 61.2 Å². The van der Waals surface area contributed by atoms with E-state index in [-0.39, 0.29) is 5.91 Å². The van der Waals surface area contributed by atoms with Gasteiger partial charge in [-0.1, -0.05) is 31.7 Å². The number of nitrogens with one attached hydrogen (secondary N) is 1. The van der Waals surface area contributed by atoms with Gasteiger partial charge in [-0.2, -0.15) is 0 Å². The zero-order valence-electron chi connectivity index (χ0n) is 16.0.